The molecule has 1 aromatic heterocycles. The highest BCUT2D eigenvalue weighted by molar-refractivity contribution is 7.99. The quantitative estimate of drug-likeness (QED) is 0.194. The molecule has 184 valence electrons. The molecule has 0 spiro atoms. The number of halogens is 3. The van der Waals surface area contributed by atoms with Crippen molar-refractivity contribution in [1.29, 1.82) is 0 Å². The molecule has 0 aliphatic heterocycles. The summed E-state index contributed by atoms with van der Waals surface area (Å²) in [6.07, 6.45) is 0. The number of hydrogen-bond donors (Lipinski definition) is 3. The van der Waals surface area contributed by atoms with Crippen molar-refractivity contribution in [2.45, 2.75) is 12.1 Å². The van der Waals surface area contributed by atoms with Crippen molar-refractivity contribution in [2.24, 2.45) is 0 Å². The van der Waals surface area contributed by atoms with Crippen LogP contribution in [-0.4, -0.2) is 32.5 Å². The molecule has 0 radical (unpaired) electrons. The highest BCUT2D eigenvalue weighted by Gasteiger charge is 2.17. The summed E-state index contributed by atoms with van der Waals surface area (Å²) >= 11 is 19.0. The summed E-state index contributed by atoms with van der Waals surface area (Å²) in [6, 6.07) is 19.1. The van der Waals surface area contributed by atoms with Crippen molar-refractivity contribution in [3.63, 3.8) is 0 Å². The number of rotatable bonds is 6. The van der Waals surface area contributed by atoms with Gasteiger partial charge in [-0.25, -0.2) is 10.2 Å². The fraction of sp³-hybridized carbons (Fsp3) is 0.0833. The predicted octanol–water partition coefficient (Wildman–Crippen LogP) is 6.15. The standard InChI is InChI=1S/C24H19Cl3N6O2S/c1-14-2-9-18(10-3-14)33-22(15-4-6-16(25)7-5-15)30-32-24(33)36-13-21(34)29-31-23(35)28-17-8-11-19(26)20(27)12-17/h2-12H,13H2,1H3,(H,29,34)(H2,28,31,35). The van der Waals surface area contributed by atoms with E-state index in [9.17, 15) is 9.59 Å². The van der Waals surface area contributed by atoms with Crippen molar-refractivity contribution >= 4 is 64.2 Å². The van der Waals surface area contributed by atoms with E-state index in [1.54, 1.807) is 24.3 Å². The topological polar surface area (TPSA) is 101 Å². The van der Waals surface area contributed by atoms with Crippen LogP contribution < -0.4 is 16.2 Å². The van der Waals surface area contributed by atoms with Crippen LogP contribution in [0.25, 0.3) is 17.1 Å². The first-order chi connectivity index (χ1) is 17.3. The average molecular weight is 562 g/mol. The van der Waals surface area contributed by atoms with Crippen LogP contribution in [0, 0.1) is 6.92 Å². The van der Waals surface area contributed by atoms with Gasteiger partial charge in [0.15, 0.2) is 11.0 Å². The van der Waals surface area contributed by atoms with Gasteiger partial charge in [0.1, 0.15) is 0 Å². The third kappa shape index (κ3) is 6.50. The van der Waals surface area contributed by atoms with E-state index in [2.05, 4.69) is 26.4 Å². The Bertz CT molecular complexity index is 1390. The molecule has 1 heterocycles. The minimum atomic E-state index is -0.639. The van der Waals surface area contributed by atoms with Crippen molar-refractivity contribution in [3.8, 4) is 17.1 Å². The third-order valence-corrected chi connectivity index (χ3v) is 6.77. The van der Waals surface area contributed by atoms with Gasteiger partial charge in [-0.15, -0.1) is 10.2 Å². The molecular formula is C24H19Cl3N6O2S. The van der Waals surface area contributed by atoms with E-state index >= 15 is 0 Å². The molecule has 3 aromatic carbocycles. The second-order valence-electron chi connectivity index (χ2n) is 7.53. The van der Waals surface area contributed by atoms with Crippen molar-refractivity contribution in [2.75, 3.05) is 11.1 Å². The van der Waals surface area contributed by atoms with Gasteiger partial charge in [-0.1, -0.05) is 64.3 Å². The number of amides is 3. The Kier molecular flexibility index (Phi) is 8.37. The van der Waals surface area contributed by atoms with E-state index < -0.39 is 11.9 Å². The lowest BCUT2D eigenvalue weighted by Crippen LogP contribution is -2.44. The van der Waals surface area contributed by atoms with Gasteiger partial charge in [0.2, 0.25) is 5.91 Å². The van der Waals surface area contributed by atoms with Crippen LogP contribution in [0.2, 0.25) is 15.1 Å². The Labute approximate surface area is 226 Å². The number of nitrogens with zero attached hydrogens (tertiary/aromatic N) is 3. The molecule has 12 heteroatoms. The van der Waals surface area contributed by atoms with E-state index in [1.165, 1.54) is 17.8 Å². The first-order valence-corrected chi connectivity index (χ1v) is 12.6. The van der Waals surface area contributed by atoms with E-state index in [4.69, 9.17) is 34.8 Å². The number of thioether (sulfide) groups is 1. The zero-order valence-electron chi connectivity index (χ0n) is 18.8. The molecular weight excluding hydrogens is 543 g/mol. The summed E-state index contributed by atoms with van der Waals surface area (Å²) in [7, 11) is 0. The van der Waals surface area contributed by atoms with Gasteiger partial charge >= 0.3 is 6.03 Å². The molecule has 36 heavy (non-hydrogen) atoms. The van der Waals surface area contributed by atoms with Crippen molar-refractivity contribution < 1.29 is 9.59 Å². The molecule has 0 aliphatic carbocycles. The van der Waals surface area contributed by atoms with Gasteiger partial charge in [-0.05, 0) is 61.5 Å². The molecule has 8 nitrogen and oxygen atoms in total. The van der Waals surface area contributed by atoms with Gasteiger partial charge < -0.3 is 5.32 Å². The number of benzene rings is 3. The zero-order chi connectivity index (χ0) is 25.7. The predicted molar refractivity (Wildman–Crippen MR) is 144 cm³/mol. The minimum Gasteiger partial charge on any atom is -0.307 e. The Morgan fingerprint density at radius 3 is 2.31 bits per heavy atom. The molecule has 4 aromatic rings. The lowest BCUT2D eigenvalue weighted by molar-refractivity contribution is -0.119. The molecule has 0 atom stereocenters. The van der Waals surface area contributed by atoms with E-state index in [-0.39, 0.29) is 5.75 Å². The Morgan fingerprint density at radius 2 is 1.61 bits per heavy atom. The van der Waals surface area contributed by atoms with E-state index in [0.717, 1.165) is 16.8 Å². The number of aryl methyl sites for hydroxylation is 1. The molecule has 4 rings (SSSR count). The number of nitrogens with one attached hydrogen (secondary N) is 3. The smallest absolute Gasteiger partial charge is 0.307 e. The lowest BCUT2D eigenvalue weighted by Gasteiger charge is -2.11. The molecule has 0 saturated carbocycles. The maximum atomic E-state index is 12.4. The SMILES string of the molecule is Cc1ccc(-n2c(SCC(=O)NNC(=O)Nc3ccc(Cl)c(Cl)c3)nnc2-c2ccc(Cl)cc2)cc1. The molecule has 3 amide bonds. The van der Waals surface area contributed by atoms with Gasteiger partial charge in [0.05, 0.1) is 15.8 Å². The first kappa shape index (κ1) is 25.8. The number of carbonyl (C=O) groups excluding carboxylic acids is 2. The summed E-state index contributed by atoms with van der Waals surface area (Å²) in [6.45, 7) is 2.00. The molecule has 3 N–H and O–H groups in total. The van der Waals surface area contributed by atoms with Crippen LogP contribution >= 0.6 is 46.6 Å². The number of hydrazine groups is 1. The zero-order valence-corrected chi connectivity index (χ0v) is 21.8. The van der Waals surface area contributed by atoms with E-state index in [1.807, 2.05) is 47.9 Å². The van der Waals surface area contributed by atoms with Gasteiger partial charge in [0.25, 0.3) is 0 Å². The molecule has 0 unspecified atom stereocenters. The van der Waals surface area contributed by atoms with Gasteiger partial charge in [0, 0.05) is 22.0 Å². The lowest BCUT2D eigenvalue weighted by atomic mass is 10.2. The number of anilines is 1. The van der Waals surface area contributed by atoms with Crippen LogP contribution in [0.5, 0.6) is 0 Å². The second kappa shape index (κ2) is 11.7. The van der Waals surface area contributed by atoms with Crippen LogP contribution in [-0.2, 0) is 4.79 Å². The summed E-state index contributed by atoms with van der Waals surface area (Å²) in [5.41, 5.74) is 7.85. The van der Waals surface area contributed by atoms with Crippen LogP contribution in [0.1, 0.15) is 5.56 Å². The number of urea groups is 1. The Balaban J connectivity index is 1.42. The third-order valence-electron chi connectivity index (χ3n) is 4.85. The van der Waals surface area contributed by atoms with Crippen LogP contribution in [0.4, 0.5) is 10.5 Å². The second-order valence-corrected chi connectivity index (χ2v) is 9.72. The van der Waals surface area contributed by atoms with Gasteiger partial charge in [-0.3, -0.25) is 14.8 Å². The first-order valence-electron chi connectivity index (χ1n) is 10.5. The highest BCUT2D eigenvalue weighted by Crippen LogP contribution is 2.29. The molecule has 0 saturated heterocycles. The number of hydrogen-bond acceptors (Lipinski definition) is 5. The normalized spacial score (nSPS) is 10.7. The number of carbonyl (C=O) groups is 2. The van der Waals surface area contributed by atoms with Crippen molar-refractivity contribution in [3.05, 3.63) is 87.4 Å². The Hall–Kier alpha value is -3.24. The Morgan fingerprint density at radius 1 is 0.889 bits per heavy atom. The summed E-state index contributed by atoms with van der Waals surface area (Å²) in [4.78, 5) is 24.5. The fourth-order valence-corrected chi connectivity index (χ4v) is 4.28. The maximum Gasteiger partial charge on any atom is 0.337 e. The summed E-state index contributed by atoms with van der Waals surface area (Å²) in [5.74, 6) is 0.158. The fourth-order valence-electron chi connectivity index (χ4n) is 3.10. The monoisotopic (exact) mass is 560 g/mol. The van der Waals surface area contributed by atoms with E-state index in [0.29, 0.717) is 31.7 Å². The van der Waals surface area contributed by atoms with Gasteiger partial charge in [-0.2, -0.15) is 0 Å². The summed E-state index contributed by atoms with van der Waals surface area (Å²) in [5, 5.41) is 13.0. The molecule has 0 bridgehead atoms. The van der Waals surface area contributed by atoms with Crippen molar-refractivity contribution in [1.82, 2.24) is 25.6 Å². The average Bonchev–Trinajstić information content (AvgIpc) is 3.28. The molecule has 0 aliphatic rings. The molecule has 0 fully saturated rings. The number of aromatic nitrogens is 3. The highest BCUT2D eigenvalue weighted by atomic mass is 35.5. The minimum absolute atomic E-state index is 0.0162. The van der Waals surface area contributed by atoms with Crippen LogP contribution in [0.15, 0.2) is 71.9 Å². The van der Waals surface area contributed by atoms with Crippen LogP contribution in [0.3, 0.4) is 0 Å². The maximum absolute atomic E-state index is 12.4. The summed E-state index contributed by atoms with van der Waals surface area (Å²) < 4.78 is 1.87. The largest absolute Gasteiger partial charge is 0.337 e.